The third kappa shape index (κ3) is 4.20. The topological polar surface area (TPSA) is 49.9 Å². The average Bonchev–Trinajstić information content (AvgIpc) is 2.78. The summed E-state index contributed by atoms with van der Waals surface area (Å²) >= 11 is 0. The molecule has 0 spiro atoms. The van der Waals surface area contributed by atoms with E-state index in [1.807, 2.05) is 60.4 Å². The fourth-order valence-corrected chi connectivity index (χ4v) is 4.65. The van der Waals surface area contributed by atoms with Crippen LogP contribution in [0.3, 0.4) is 0 Å². The van der Waals surface area contributed by atoms with E-state index in [1.54, 1.807) is 12.0 Å². The van der Waals surface area contributed by atoms with Crippen molar-refractivity contribution in [3.63, 3.8) is 0 Å². The standard InChI is InChI=1S/C25H30N2O3/c1-18-11-13-19(14-12-18)16-27-23(28)17-26(21-8-4-3-5-9-21)25(29)24(27)20-7-6-10-22(15-20)30-2/h6-7,10-15,21,24H,3-5,8-9,16-17H2,1-2H3/t24-/m0/s1. The van der Waals surface area contributed by atoms with Gasteiger partial charge in [-0.05, 0) is 43.0 Å². The molecule has 5 nitrogen and oxygen atoms in total. The van der Waals surface area contributed by atoms with Gasteiger partial charge in [-0.2, -0.15) is 0 Å². The molecule has 2 aromatic rings. The number of amides is 2. The second-order valence-corrected chi connectivity index (χ2v) is 8.44. The lowest BCUT2D eigenvalue weighted by atomic mass is 9.91. The number of hydrogen-bond acceptors (Lipinski definition) is 3. The SMILES string of the molecule is COc1cccc([C@H]2C(=O)N(C3CCCCC3)CC(=O)N2Cc2ccc(C)cc2)c1. The van der Waals surface area contributed by atoms with Gasteiger partial charge in [-0.3, -0.25) is 9.59 Å². The van der Waals surface area contributed by atoms with Crippen LogP contribution < -0.4 is 4.74 Å². The van der Waals surface area contributed by atoms with Crippen LogP contribution in [-0.4, -0.2) is 41.3 Å². The smallest absolute Gasteiger partial charge is 0.250 e. The number of rotatable bonds is 5. The Morgan fingerprint density at radius 2 is 1.73 bits per heavy atom. The molecule has 0 radical (unpaired) electrons. The highest BCUT2D eigenvalue weighted by atomic mass is 16.5. The summed E-state index contributed by atoms with van der Waals surface area (Å²) in [5, 5.41) is 0. The zero-order valence-electron chi connectivity index (χ0n) is 17.8. The highest BCUT2D eigenvalue weighted by molar-refractivity contribution is 5.95. The molecule has 0 N–H and O–H groups in total. The van der Waals surface area contributed by atoms with E-state index in [1.165, 1.54) is 12.0 Å². The van der Waals surface area contributed by atoms with Gasteiger partial charge in [0.05, 0.1) is 7.11 Å². The van der Waals surface area contributed by atoms with E-state index in [0.717, 1.165) is 36.8 Å². The maximum atomic E-state index is 13.7. The normalized spacial score (nSPS) is 20.5. The number of nitrogens with zero attached hydrogens (tertiary/aromatic N) is 2. The van der Waals surface area contributed by atoms with Gasteiger partial charge in [0, 0.05) is 12.6 Å². The molecule has 1 saturated heterocycles. The maximum Gasteiger partial charge on any atom is 0.250 e. The molecule has 2 fully saturated rings. The van der Waals surface area contributed by atoms with Crippen molar-refractivity contribution in [2.75, 3.05) is 13.7 Å². The number of carbonyl (C=O) groups is 2. The maximum absolute atomic E-state index is 13.7. The first kappa shape index (κ1) is 20.5. The summed E-state index contributed by atoms with van der Waals surface area (Å²) in [6.07, 6.45) is 5.44. The fraction of sp³-hybridized carbons (Fsp3) is 0.440. The molecule has 0 unspecified atom stereocenters. The molecule has 2 aromatic carbocycles. The van der Waals surface area contributed by atoms with Crippen molar-refractivity contribution >= 4 is 11.8 Å². The molecule has 0 aromatic heterocycles. The molecular formula is C25H30N2O3. The van der Waals surface area contributed by atoms with Crippen molar-refractivity contribution in [3.05, 3.63) is 65.2 Å². The van der Waals surface area contributed by atoms with Crippen LogP contribution in [0.4, 0.5) is 0 Å². The summed E-state index contributed by atoms with van der Waals surface area (Å²) in [4.78, 5) is 30.6. The summed E-state index contributed by atoms with van der Waals surface area (Å²) < 4.78 is 5.39. The number of carbonyl (C=O) groups excluding carboxylic acids is 2. The molecular weight excluding hydrogens is 376 g/mol. The van der Waals surface area contributed by atoms with Crippen LogP contribution in [-0.2, 0) is 16.1 Å². The van der Waals surface area contributed by atoms with Gasteiger partial charge in [-0.1, -0.05) is 61.2 Å². The van der Waals surface area contributed by atoms with Gasteiger partial charge in [0.1, 0.15) is 18.3 Å². The quantitative estimate of drug-likeness (QED) is 0.746. The van der Waals surface area contributed by atoms with E-state index in [4.69, 9.17) is 4.74 Å². The highest BCUT2D eigenvalue weighted by Crippen LogP contribution is 2.34. The lowest BCUT2D eigenvalue weighted by Gasteiger charge is -2.44. The Morgan fingerprint density at radius 3 is 2.43 bits per heavy atom. The molecule has 1 heterocycles. The number of methoxy groups -OCH3 is 1. The minimum Gasteiger partial charge on any atom is -0.497 e. The van der Waals surface area contributed by atoms with Crippen molar-refractivity contribution in [3.8, 4) is 5.75 Å². The van der Waals surface area contributed by atoms with E-state index in [0.29, 0.717) is 12.3 Å². The Hall–Kier alpha value is -2.82. The van der Waals surface area contributed by atoms with Crippen LogP contribution >= 0.6 is 0 Å². The van der Waals surface area contributed by atoms with Crippen molar-refractivity contribution in [2.24, 2.45) is 0 Å². The largest absolute Gasteiger partial charge is 0.497 e. The van der Waals surface area contributed by atoms with E-state index >= 15 is 0 Å². The fourth-order valence-electron chi connectivity index (χ4n) is 4.65. The Labute approximate surface area is 178 Å². The number of hydrogen-bond donors (Lipinski definition) is 0. The van der Waals surface area contributed by atoms with Gasteiger partial charge in [-0.15, -0.1) is 0 Å². The van der Waals surface area contributed by atoms with Crippen LogP contribution in [0.2, 0.25) is 0 Å². The van der Waals surface area contributed by atoms with Crippen LogP contribution in [0.15, 0.2) is 48.5 Å². The van der Waals surface area contributed by atoms with Gasteiger partial charge < -0.3 is 14.5 Å². The molecule has 1 atom stereocenters. The number of piperazine rings is 1. The van der Waals surface area contributed by atoms with Crippen LogP contribution in [0.25, 0.3) is 0 Å². The third-order valence-corrected chi connectivity index (χ3v) is 6.35. The molecule has 158 valence electrons. The molecule has 1 aliphatic heterocycles. The van der Waals surface area contributed by atoms with Gasteiger partial charge in [0.25, 0.3) is 5.91 Å². The predicted octanol–water partition coefficient (Wildman–Crippen LogP) is 4.25. The Bertz CT molecular complexity index is 903. The molecule has 2 amide bonds. The Kier molecular flexibility index (Phi) is 6.07. The molecule has 4 rings (SSSR count). The van der Waals surface area contributed by atoms with Gasteiger partial charge in [-0.25, -0.2) is 0 Å². The second kappa shape index (κ2) is 8.90. The van der Waals surface area contributed by atoms with Gasteiger partial charge >= 0.3 is 0 Å². The monoisotopic (exact) mass is 406 g/mol. The van der Waals surface area contributed by atoms with E-state index in [9.17, 15) is 9.59 Å². The molecule has 2 aliphatic rings. The van der Waals surface area contributed by atoms with Gasteiger partial charge in [0.2, 0.25) is 5.91 Å². The molecule has 5 heteroatoms. The minimum atomic E-state index is -0.621. The highest BCUT2D eigenvalue weighted by Gasteiger charge is 2.43. The van der Waals surface area contributed by atoms with Crippen molar-refractivity contribution in [2.45, 2.75) is 57.7 Å². The Balaban J connectivity index is 1.68. The molecule has 1 saturated carbocycles. The first-order chi connectivity index (χ1) is 14.6. The molecule has 30 heavy (non-hydrogen) atoms. The van der Waals surface area contributed by atoms with Crippen molar-refractivity contribution in [1.82, 2.24) is 9.80 Å². The first-order valence-corrected chi connectivity index (χ1v) is 10.9. The summed E-state index contributed by atoms with van der Waals surface area (Å²) in [6, 6.07) is 15.2. The summed E-state index contributed by atoms with van der Waals surface area (Å²) in [5.74, 6) is 0.730. The lowest BCUT2D eigenvalue weighted by Crippen LogP contribution is -2.58. The number of ether oxygens (including phenoxy) is 1. The number of benzene rings is 2. The van der Waals surface area contributed by atoms with E-state index in [-0.39, 0.29) is 24.4 Å². The predicted molar refractivity (Wildman–Crippen MR) is 116 cm³/mol. The van der Waals surface area contributed by atoms with Crippen molar-refractivity contribution in [1.29, 1.82) is 0 Å². The average molecular weight is 407 g/mol. The van der Waals surface area contributed by atoms with Crippen LogP contribution in [0.1, 0.15) is 54.8 Å². The molecule has 0 bridgehead atoms. The minimum absolute atomic E-state index is 0.00793. The lowest BCUT2D eigenvalue weighted by molar-refractivity contribution is -0.160. The van der Waals surface area contributed by atoms with Crippen LogP contribution in [0.5, 0.6) is 5.75 Å². The Morgan fingerprint density at radius 1 is 1.00 bits per heavy atom. The number of aryl methyl sites for hydroxylation is 1. The third-order valence-electron chi connectivity index (χ3n) is 6.35. The van der Waals surface area contributed by atoms with Crippen LogP contribution in [0, 0.1) is 6.92 Å². The first-order valence-electron chi connectivity index (χ1n) is 10.9. The summed E-state index contributed by atoms with van der Waals surface area (Å²) in [7, 11) is 1.62. The zero-order chi connectivity index (χ0) is 21.1. The van der Waals surface area contributed by atoms with Crippen molar-refractivity contribution < 1.29 is 14.3 Å². The zero-order valence-corrected chi connectivity index (χ0v) is 17.8. The van der Waals surface area contributed by atoms with E-state index < -0.39 is 6.04 Å². The summed E-state index contributed by atoms with van der Waals surface area (Å²) in [6.45, 7) is 2.64. The summed E-state index contributed by atoms with van der Waals surface area (Å²) in [5.41, 5.74) is 3.01. The second-order valence-electron chi connectivity index (χ2n) is 8.44. The van der Waals surface area contributed by atoms with Gasteiger partial charge in [0.15, 0.2) is 0 Å². The van der Waals surface area contributed by atoms with E-state index in [2.05, 4.69) is 0 Å². The molecule has 1 aliphatic carbocycles.